The Hall–Kier alpha value is -0.580. The molecule has 3 rings (SSSR count). The molecule has 2 N–H and O–H groups in total. The Morgan fingerprint density at radius 1 is 1.28 bits per heavy atom. The van der Waals surface area contributed by atoms with Crippen molar-refractivity contribution in [1.82, 2.24) is 0 Å². The zero-order chi connectivity index (χ0) is 12.5. The number of fused-ring (bicyclic) bond motifs is 1. The van der Waals surface area contributed by atoms with Gasteiger partial charge in [0.1, 0.15) is 5.76 Å². The Morgan fingerprint density at radius 3 is 2.89 bits per heavy atom. The molecule has 96 valence electrons. The van der Waals surface area contributed by atoms with Crippen molar-refractivity contribution in [2.45, 2.75) is 38.1 Å². The highest BCUT2D eigenvalue weighted by molar-refractivity contribution is 9.10. The third-order valence-electron chi connectivity index (χ3n) is 3.50. The highest BCUT2D eigenvalue weighted by atomic mass is 79.9. The topological polar surface area (TPSA) is 39.2 Å². The van der Waals surface area contributed by atoms with Crippen LogP contribution < -0.4 is 5.73 Å². The number of furan rings is 1. The highest BCUT2D eigenvalue weighted by Crippen LogP contribution is 2.35. The fourth-order valence-corrected chi connectivity index (χ4v) is 4.21. The molecule has 0 fully saturated rings. The Labute approximate surface area is 119 Å². The molecule has 1 unspecified atom stereocenters. The summed E-state index contributed by atoms with van der Waals surface area (Å²) in [5.74, 6) is 0.825. The predicted octanol–water partition coefficient (Wildman–Crippen LogP) is 4.42. The molecular formula is C14H16BrNOS. The summed E-state index contributed by atoms with van der Waals surface area (Å²) in [5, 5.41) is 0. The van der Waals surface area contributed by atoms with Gasteiger partial charge in [0.25, 0.3) is 0 Å². The van der Waals surface area contributed by atoms with Gasteiger partial charge in [-0.2, -0.15) is 0 Å². The Balaban J connectivity index is 1.91. The second kappa shape index (κ2) is 5.19. The van der Waals surface area contributed by atoms with E-state index in [9.17, 15) is 0 Å². The van der Waals surface area contributed by atoms with Gasteiger partial charge in [0.05, 0.1) is 16.8 Å². The maximum absolute atomic E-state index is 6.30. The number of nitrogens with two attached hydrogens (primary N) is 1. The molecule has 1 aliphatic carbocycles. The second-order valence-corrected chi connectivity index (χ2v) is 6.79. The third-order valence-corrected chi connectivity index (χ3v) is 5.47. The number of hydrogen-bond acceptors (Lipinski definition) is 3. The van der Waals surface area contributed by atoms with Crippen LogP contribution in [0.2, 0.25) is 0 Å². The summed E-state index contributed by atoms with van der Waals surface area (Å²) in [5.41, 5.74) is 7.80. The average Bonchev–Trinajstić information content (AvgIpc) is 2.90. The SMILES string of the molecule is NC(c1cc2c(s1)CCCCC2)c1occc1Br. The van der Waals surface area contributed by atoms with E-state index in [1.165, 1.54) is 47.4 Å². The van der Waals surface area contributed by atoms with Gasteiger partial charge in [0.2, 0.25) is 0 Å². The molecule has 0 saturated heterocycles. The van der Waals surface area contributed by atoms with Gasteiger partial charge in [-0.05, 0) is 59.3 Å². The van der Waals surface area contributed by atoms with Crippen molar-refractivity contribution in [1.29, 1.82) is 0 Å². The molecule has 1 aliphatic rings. The monoisotopic (exact) mass is 325 g/mol. The molecule has 0 spiro atoms. The molecule has 0 amide bonds. The van der Waals surface area contributed by atoms with Gasteiger partial charge < -0.3 is 10.2 Å². The van der Waals surface area contributed by atoms with E-state index in [-0.39, 0.29) is 6.04 Å². The molecule has 0 aromatic carbocycles. The third kappa shape index (κ3) is 2.29. The van der Waals surface area contributed by atoms with E-state index in [2.05, 4.69) is 22.0 Å². The van der Waals surface area contributed by atoms with Crippen LogP contribution in [0.4, 0.5) is 0 Å². The normalized spacial score (nSPS) is 17.2. The molecule has 4 heteroatoms. The van der Waals surface area contributed by atoms with Crippen LogP contribution in [0.15, 0.2) is 27.3 Å². The molecule has 0 saturated carbocycles. The molecule has 2 heterocycles. The first kappa shape index (κ1) is 12.5. The van der Waals surface area contributed by atoms with Crippen molar-refractivity contribution in [2.75, 3.05) is 0 Å². The summed E-state index contributed by atoms with van der Waals surface area (Å²) < 4.78 is 6.43. The van der Waals surface area contributed by atoms with E-state index in [1.54, 1.807) is 6.26 Å². The number of halogens is 1. The van der Waals surface area contributed by atoms with Gasteiger partial charge in [0.15, 0.2) is 0 Å². The maximum atomic E-state index is 6.30. The van der Waals surface area contributed by atoms with E-state index in [0.29, 0.717) is 0 Å². The summed E-state index contributed by atoms with van der Waals surface area (Å²) in [7, 11) is 0. The van der Waals surface area contributed by atoms with Crippen LogP contribution >= 0.6 is 27.3 Å². The Bertz CT molecular complexity index is 522. The number of thiophene rings is 1. The number of aryl methyl sites for hydroxylation is 2. The van der Waals surface area contributed by atoms with Crippen LogP contribution in [0.25, 0.3) is 0 Å². The highest BCUT2D eigenvalue weighted by Gasteiger charge is 2.20. The van der Waals surface area contributed by atoms with Gasteiger partial charge in [-0.25, -0.2) is 0 Å². The first-order valence-corrected chi connectivity index (χ1v) is 7.96. The Kier molecular flexibility index (Phi) is 3.59. The average molecular weight is 326 g/mol. The number of hydrogen-bond donors (Lipinski definition) is 1. The summed E-state index contributed by atoms with van der Waals surface area (Å²) in [6.07, 6.45) is 8.07. The zero-order valence-electron chi connectivity index (χ0n) is 10.1. The van der Waals surface area contributed by atoms with E-state index < -0.39 is 0 Å². The lowest BCUT2D eigenvalue weighted by atomic mass is 10.1. The lowest BCUT2D eigenvalue weighted by Gasteiger charge is -2.06. The molecule has 0 radical (unpaired) electrons. The van der Waals surface area contributed by atoms with E-state index in [0.717, 1.165) is 10.2 Å². The first-order valence-electron chi connectivity index (χ1n) is 6.35. The summed E-state index contributed by atoms with van der Waals surface area (Å²) in [4.78, 5) is 2.75. The lowest BCUT2D eigenvalue weighted by molar-refractivity contribution is 0.489. The second-order valence-electron chi connectivity index (χ2n) is 4.77. The predicted molar refractivity (Wildman–Crippen MR) is 78.0 cm³/mol. The van der Waals surface area contributed by atoms with E-state index in [4.69, 9.17) is 10.2 Å². The van der Waals surface area contributed by atoms with Crippen LogP contribution in [0.3, 0.4) is 0 Å². The molecule has 18 heavy (non-hydrogen) atoms. The van der Waals surface area contributed by atoms with Crippen LogP contribution in [0.5, 0.6) is 0 Å². The van der Waals surface area contributed by atoms with Crippen LogP contribution in [0, 0.1) is 0 Å². The lowest BCUT2D eigenvalue weighted by Crippen LogP contribution is -2.09. The van der Waals surface area contributed by atoms with Crippen molar-refractivity contribution in [3.63, 3.8) is 0 Å². The van der Waals surface area contributed by atoms with Crippen LogP contribution in [-0.4, -0.2) is 0 Å². The maximum Gasteiger partial charge on any atom is 0.139 e. The van der Waals surface area contributed by atoms with Crippen molar-refractivity contribution in [3.05, 3.63) is 43.9 Å². The molecule has 0 aliphatic heterocycles. The van der Waals surface area contributed by atoms with E-state index >= 15 is 0 Å². The van der Waals surface area contributed by atoms with E-state index in [1.807, 2.05) is 17.4 Å². The minimum Gasteiger partial charge on any atom is -0.466 e. The van der Waals surface area contributed by atoms with Crippen molar-refractivity contribution >= 4 is 27.3 Å². The summed E-state index contributed by atoms with van der Waals surface area (Å²) >= 11 is 5.34. The fourth-order valence-electron chi connectivity index (χ4n) is 2.50. The van der Waals surface area contributed by atoms with Gasteiger partial charge in [-0.15, -0.1) is 11.3 Å². The van der Waals surface area contributed by atoms with Gasteiger partial charge in [-0.1, -0.05) is 6.42 Å². The van der Waals surface area contributed by atoms with Crippen molar-refractivity contribution in [3.8, 4) is 0 Å². The number of rotatable bonds is 2. The van der Waals surface area contributed by atoms with Gasteiger partial charge >= 0.3 is 0 Å². The molecular weight excluding hydrogens is 310 g/mol. The van der Waals surface area contributed by atoms with Gasteiger partial charge in [-0.3, -0.25) is 0 Å². The molecule has 2 nitrogen and oxygen atoms in total. The van der Waals surface area contributed by atoms with Crippen molar-refractivity contribution in [2.24, 2.45) is 5.73 Å². The summed E-state index contributed by atoms with van der Waals surface area (Å²) in [6, 6.07) is 4.03. The standard InChI is InChI=1S/C14H16BrNOS/c15-10-6-7-17-14(10)13(16)12-8-9-4-2-1-3-5-11(9)18-12/h6-8,13H,1-5,16H2. The fraction of sp³-hybridized carbons (Fsp3) is 0.429. The quantitative estimate of drug-likeness (QED) is 0.830. The van der Waals surface area contributed by atoms with Crippen molar-refractivity contribution < 1.29 is 4.42 Å². The van der Waals surface area contributed by atoms with Gasteiger partial charge in [0, 0.05) is 9.75 Å². The minimum atomic E-state index is -0.147. The molecule has 2 aromatic rings. The first-order chi connectivity index (χ1) is 8.75. The molecule has 1 atom stereocenters. The van der Waals surface area contributed by atoms with Crippen LogP contribution in [-0.2, 0) is 12.8 Å². The minimum absolute atomic E-state index is 0.147. The molecule has 2 aromatic heterocycles. The zero-order valence-corrected chi connectivity index (χ0v) is 12.5. The summed E-state index contributed by atoms with van der Waals surface area (Å²) in [6.45, 7) is 0. The Morgan fingerprint density at radius 2 is 2.11 bits per heavy atom. The van der Waals surface area contributed by atoms with Crippen LogP contribution in [0.1, 0.15) is 46.4 Å². The molecule has 0 bridgehead atoms. The largest absolute Gasteiger partial charge is 0.466 e. The smallest absolute Gasteiger partial charge is 0.139 e.